The quantitative estimate of drug-likeness (QED) is 0.585. The molecule has 128 valence electrons. The molecule has 0 aliphatic heterocycles. The molecule has 1 fully saturated rings. The van der Waals surface area contributed by atoms with Gasteiger partial charge in [0.25, 0.3) is 0 Å². The summed E-state index contributed by atoms with van der Waals surface area (Å²) in [6, 6.07) is 8.49. The van der Waals surface area contributed by atoms with Gasteiger partial charge in [-0.2, -0.15) is 0 Å². The van der Waals surface area contributed by atoms with Crippen LogP contribution in [0.4, 0.5) is 0 Å². The van der Waals surface area contributed by atoms with E-state index < -0.39 is 0 Å². The van der Waals surface area contributed by atoms with Crippen LogP contribution in [0.5, 0.6) is 5.75 Å². The van der Waals surface area contributed by atoms with Crippen LogP contribution in [0.15, 0.2) is 49.1 Å². The zero-order valence-corrected chi connectivity index (χ0v) is 15.3. The van der Waals surface area contributed by atoms with E-state index in [2.05, 4.69) is 28.2 Å². The summed E-state index contributed by atoms with van der Waals surface area (Å²) in [5.74, 6) is 1.53. The summed E-state index contributed by atoms with van der Waals surface area (Å²) < 4.78 is 5.49. The van der Waals surface area contributed by atoms with E-state index in [0.29, 0.717) is 5.92 Å². The molecule has 0 unspecified atom stereocenters. The first-order valence-corrected chi connectivity index (χ1v) is 9.71. The topological polar surface area (TPSA) is 35.0 Å². The third-order valence-electron chi connectivity index (χ3n) is 5.04. The first kappa shape index (κ1) is 16.3. The minimum Gasteiger partial charge on any atom is -0.496 e. The van der Waals surface area contributed by atoms with Crippen LogP contribution >= 0.6 is 11.3 Å². The summed E-state index contributed by atoms with van der Waals surface area (Å²) in [5.41, 5.74) is 3.79. The van der Waals surface area contributed by atoms with Crippen LogP contribution in [0, 0.1) is 0 Å². The third kappa shape index (κ3) is 3.31. The Balaban J connectivity index is 1.71. The van der Waals surface area contributed by atoms with E-state index in [1.54, 1.807) is 24.6 Å². The fourth-order valence-electron chi connectivity index (χ4n) is 3.75. The van der Waals surface area contributed by atoms with Crippen molar-refractivity contribution in [2.24, 2.45) is 0 Å². The van der Waals surface area contributed by atoms with Crippen molar-refractivity contribution in [2.75, 3.05) is 7.11 Å². The highest BCUT2D eigenvalue weighted by Gasteiger charge is 2.20. The van der Waals surface area contributed by atoms with Gasteiger partial charge in [0, 0.05) is 40.1 Å². The summed E-state index contributed by atoms with van der Waals surface area (Å²) in [6.07, 6.45) is 14.3. The molecule has 1 aliphatic carbocycles. The van der Waals surface area contributed by atoms with Crippen molar-refractivity contribution < 1.29 is 4.74 Å². The highest BCUT2D eigenvalue weighted by Crippen LogP contribution is 2.42. The molecule has 1 saturated carbocycles. The van der Waals surface area contributed by atoms with Gasteiger partial charge in [-0.15, -0.1) is 11.3 Å². The van der Waals surface area contributed by atoms with E-state index in [1.807, 2.05) is 24.7 Å². The monoisotopic (exact) mass is 350 g/mol. The molecule has 1 aliphatic rings. The highest BCUT2D eigenvalue weighted by atomic mass is 32.1. The number of methoxy groups -OCH3 is 1. The Labute approximate surface area is 152 Å². The minimum absolute atomic E-state index is 0.672. The molecular formula is C21H22N2OS. The second kappa shape index (κ2) is 7.36. The lowest BCUT2D eigenvalue weighted by Crippen LogP contribution is -2.05. The number of hydrogen-bond acceptors (Lipinski definition) is 4. The number of thiophene rings is 1. The fourth-order valence-corrected chi connectivity index (χ4v) is 4.81. The summed E-state index contributed by atoms with van der Waals surface area (Å²) in [7, 11) is 1.70. The lowest BCUT2D eigenvalue weighted by molar-refractivity contribution is 0.416. The molecule has 0 saturated heterocycles. The first-order chi connectivity index (χ1) is 12.4. The van der Waals surface area contributed by atoms with Crippen LogP contribution in [0.2, 0.25) is 0 Å². The third-order valence-corrected chi connectivity index (χ3v) is 6.19. The lowest BCUT2D eigenvalue weighted by Gasteiger charge is -2.23. The highest BCUT2D eigenvalue weighted by molar-refractivity contribution is 7.18. The van der Waals surface area contributed by atoms with Crippen LogP contribution in [0.3, 0.4) is 0 Å². The molecule has 25 heavy (non-hydrogen) atoms. The van der Waals surface area contributed by atoms with Gasteiger partial charge in [-0.05, 0) is 48.6 Å². The van der Waals surface area contributed by atoms with Gasteiger partial charge in [-0.3, -0.25) is 9.97 Å². The molecule has 3 heterocycles. The molecule has 0 aromatic carbocycles. The standard InChI is InChI=1S/C21H22N2OS/c1-24-19-10-12-23-14-18(19)21-8-7-20(25-21)17-13-22-11-9-16(17)15-5-3-2-4-6-15/h7-15H,2-6H2,1H3. The van der Waals surface area contributed by atoms with E-state index in [9.17, 15) is 0 Å². The Morgan fingerprint density at radius 3 is 2.32 bits per heavy atom. The van der Waals surface area contributed by atoms with Gasteiger partial charge in [-0.25, -0.2) is 0 Å². The van der Waals surface area contributed by atoms with Crippen molar-refractivity contribution in [2.45, 2.75) is 38.0 Å². The average molecular weight is 350 g/mol. The van der Waals surface area contributed by atoms with Crippen LogP contribution in [0.1, 0.15) is 43.6 Å². The Morgan fingerprint density at radius 2 is 1.56 bits per heavy atom. The molecule has 4 heteroatoms. The van der Waals surface area contributed by atoms with E-state index in [4.69, 9.17) is 4.74 Å². The summed E-state index contributed by atoms with van der Waals surface area (Å²) in [6.45, 7) is 0. The molecule has 3 nitrogen and oxygen atoms in total. The molecule has 0 spiro atoms. The van der Waals surface area contributed by atoms with E-state index in [-0.39, 0.29) is 0 Å². The predicted octanol–water partition coefficient (Wildman–Crippen LogP) is 5.93. The maximum absolute atomic E-state index is 5.49. The Hall–Kier alpha value is -2.20. The number of aromatic nitrogens is 2. The van der Waals surface area contributed by atoms with Crippen molar-refractivity contribution >= 4 is 11.3 Å². The van der Waals surface area contributed by atoms with Crippen molar-refractivity contribution in [1.82, 2.24) is 9.97 Å². The van der Waals surface area contributed by atoms with E-state index in [1.165, 1.54) is 53.0 Å². The summed E-state index contributed by atoms with van der Waals surface area (Å²) >= 11 is 1.79. The van der Waals surface area contributed by atoms with Crippen LogP contribution in [-0.4, -0.2) is 17.1 Å². The molecule has 0 amide bonds. The van der Waals surface area contributed by atoms with Crippen molar-refractivity contribution in [3.05, 3.63) is 54.6 Å². The predicted molar refractivity (Wildman–Crippen MR) is 103 cm³/mol. The second-order valence-electron chi connectivity index (χ2n) is 6.54. The maximum Gasteiger partial charge on any atom is 0.130 e. The second-order valence-corrected chi connectivity index (χ2v) is 7.62. The SMILES string of the molecule is COc1ccncc1-c1ccc(-c2cnccc2C2CCCCC2)s1. The Kier molecular flexibility index (Phi) is 4.79. The zero-order chi connectivity index (χ0) is 17.1. The fraction of sp³-hybridized carbons (Fsp3) is 0.333. The largest absolute Gasteiger partial charge is 0.496 e. The normalized spacial score (nSPS) is 15.2. The number of rotatable bonds is 4. The summed E-state index contributed by atoms with van der Waals surface area (Å²) in [5, 5.41) is 0. The van der Waals surface area contributed by atoms with Gasteiger partial charge in [0.2, 0.25) is 0 Å². The van der Waals surface area contributed by atoms with Crippen LogP contribution in [0.25, 0.3) is 20.9 Å². The molecule has 4 rings (SSSR count). The van der Waals surface area contributed by atoms with Gasteiger partial charge < -0.3 is 4.74 Å². The summed E-state index contributed by atoms with van der Waals surface area (Å²) in [4.78, 5) is 11.1. The molecule has 0 N–H and O–H groups in total. The molecule has 0 bridgehead atoms. The van der Waals surface area contributed by atoms with E-state index in [0.717, 1.165) is 11.3 Å². The Morgan fingerprint density at radius 1 is 0.880 bits per heavy atom. The average Bonchev–Trinajstić information content (AvgIpc) is 3.18. The first-order valence-electron chi connectivity index (χ1n) is 8.89. The van der Waals surface area contributed by atoms with Gasteiger partial charge >= 0.3 is 0 Å². The number of nitrogens with zero attached hydrogens (tertiary/aromatic N) is 2. The number of hydrogen-bond donors (Lipinski definition) is 0. The van der Waals surface area contributed by atoms with Gasteiger partial charge in [0.1, 0.15) is 5.75 Å². The van der Waals surface area contributed by atoms with E-state index >= 15 is 0 Å². The molecule has 3 aromatic heterocycles. The Bertz CT molecular complexity index is 852. The van der Waals surface area contributed by atoms with Gasteiger partial charge in [0.15, 0.2) is 0 Å². The van der Waals surface area contributed by atoms with Crippen molar-refractivity contribution in [1.29, 1.82) is 0 Å². The van der Waals surface area contributed by atoms with Gasteiger partial charge in [-0.1, -0.05) is 19.3 Å². The van der Waals surface area contributed by atoms with Crippen LogP contribution in [-0.2, 0) is 0 Å². The van der Waals surface area contributed by atoms with Crippen LogP contribution < -0.4 is 4.74 Å². The smallest absolute Gasteiger partial charge is 0.130 e. The van der Waals surface area contributed by atoms with Crippen molar-refractivity contribution in [3.8, 4) is 26.6 Å². The maximum atomic E-state index is 5.49. The number of pyridine rings is 2. The molecule has 0 radical (unpaired) electrons. The molecule has 0 atom stereocenters. The van der Waals surface area contributed by atoms with Gasteiger partial charge in [0.05, 0.1) is 12.7 Å². The molecular weight excluding hydrogens is 328 g/mol. The minimum atomic E-state index is 0.672. The van der Waals surface area contributed by atoms with Crippen molar-refractivity contribution in [3.63, 3.8) is 0 Å². The number of ether oxygens (including phenoxy) is 1. The lowest BCUT2D eigenvalue weighted by atomic mass is 9.82. The molecule has 3 aromatic rings. The zero-order valence-electron chi connectivity index (χ0n) is 14.4.